The third-order valence-corrected chi connectivity index (χ3v) is 6.89. The molecule has 1 atom stereocenters. The predicted octanol–water partition coefficient (Wildman–Crippen LogP) is -0.168. The van der Waals surface area contributed by atoms with Gasteiger partial charge in [0.2, 0.25) is 5.78 Å². The van der Waals surface area contributed by atoms with Crippen molar-refractivity contribution in [2.24, 2.45) is 0 Å². The second-order valence-corrected chi connectivity index (χ2v) is 10.7. The molecule has 0 amide bonds. The Morgan fingerprint density at radius 3 is 2.20 bits per heavy atom. The van der Waals surface area contributed by atoms with Crippen LogP contribution in [0.2, 0.25) is 0 Å². The molecule has 0 spiro atoms. The average molecular weight is 526 g/mol. The molecule has 2 N–H and O–H groups in total. The summed E-state index contributed by atoms with van der Waals surface area (Å²) in [6, 6.07) is 0. The minimum absolute atomic E-state index is 0. The first-order valence-electron chi connectivity index (χ1n) is 13.1. The molecule has 0 saturated carbocycles. The Balaban J connectivity index is 0.0000116. The molecule has 198 valence electrons. The van der Waals surface area contributed by atoms with Gasteiger partial charge in [-0.1, -0.05) is 70.4 Å². The minimum atomic E-state index is -4.54. The molecule has 0 saturated heterocycles. The zero-order valence-corrected chi connectivity index (χ0v) is 24.8. The standard InChI is InChI=1S/C25H46N2O6S.Na/c1-2-3-4-5-6-7-8-9-10-11-12-13-14-15-16-24(30)25-26(19-20-28)17-18-27(25)21-23(29)22-34(31,32)33;/h5-6,23,28-29H,2-4,7-22H2,1H3;/q;+1/b6-5+;. The number of β-amino-alcohol motifs (C(OH)–C–C–N with tert-alkyl or cyclic N) is 2. The van der Waals surface area contributed by atoms with Gasteiger partial charge in [0.1, 0.15) is 32.3 Å². The van der Waals surface area contributed by atoms with E-state index in [-0.39, 0.29) is 48.5 Å². The first kappa shape index (κ1) is 34.7. The molecule has 0 aromatic rings. The van der Waals surface area contributed by atoms with Gasteiger partial charge in [-0.15, -0.1) is 0 Å². The van der Waals surface area contributed by atoms with E-state index in [9.17, 15) is 28.0 Å². The van der Waals surface area contributed by atoms with Crippen molar-refractivity contribution < 1.29 is 62.1 Å². The molecule has 0 aromatic heterocycles. The summed E-state index contributed by atoms with van der Waals surface area (Å²) in [6.45, 7) is 3.31. The number of unbranched alkanes of at least 4 members (excludes halogenated alkanes) is 10. The van der Waals surface area contributed by atoms with Gasteiger partial charge in [-0.05, 0) is 25.7 Å². The van der Waals surface area contributed by atoms with E-state index < -0.39 is 22.0 Å². The van der Waals surface area contributed by atoms with E-state index in [0.717, 1.165) is 19.3 Å². The summed E-state index contributed by atoms with van der Waals surface area (Å²) in [7, 11) is -4.54. The first-order chi connectivity index (χ1) is 16.3. The molecule has 8 nitrogen and oxygen atoms in total. The Morgan fingerprint density at radius 1 is 1.06 bits per heavy atom. The summed E-state index contributed by atoms with van der Waals surface area (Å²) in [5, 5.41) is 19.3. The molecule has 1 aliphatic heterocycles. The van der Waals surface area contributed by atoms with Crippen molar-refractivity contribution in [2.45, 2.75) is 96.5 Å². The summed E-state index contributed by atoms with van der Waals surface area (Å²) >= 11 is 0. The fraction of sp³-hybridized carbons (Fsp3) is 0.840. The molecule has 1 rings (SSSR count). The third-order valence-electron chi connectivity index (χ3n) is 6.10. The van der Waals surface area contributed by atoms with E-state index in [1.165, 1.54) is 57.8 Å². The molecule has 1 aliphatic rings. The van der Waals surface area contributed by atoms with Gasteiger partial charge in [0.15, 0.2) is 0 Å². The summed E-state index contributed by atoms with van der Waals surface area (Å²) in [6.07, 6.45) is 17.6. The number of carbonyl (C=O) groups excluding carboxylic acids is 1. The van der Waals surface area contributed by atoms with Crippen LogP contribution < -0.4 is 29.6 Å². The fourth-order valence-corrected chi connectivity index (χ4v) is 4.92. The number of rotatable bonds is 21. The molecule has 35 heavy (non-hydrogen) atoms. The molecule has 0 radical (unpaired) electrons. The number of amidine groups is 1. The molecular formula is C25H46N2NaO6S+. The minimum Gasteiger partial charge on any atom is -0.748 e. The van der Waals surface area contributed by atoms with E-state index in [0.29, 0.717) is 31.9 Å². The normalized spacial score (nSPS) is 15.1. The van der Waals surface area contributed by atoms with Gasteiger partial charge >= 0.3 is 35.4 Å². The number of carbonyl (C=O) groups is 1. The van der Waals surface area contributed by atoms with Crippen LogP contribution in [0.4, 0.5) is 0 Å². The zero-order chi connectivity index (χ0) is 25.2. The van der Waals surface area contributed by atoms with Gasteiger partial charge in [0.05, 0.1) is 22.5 Å². The summed E-state index contributed by atoms with van der Waals surface area (Å²) in [4.78, 5) is 14.6. The van der Waals surface area contributed by atoms with Crippen LogP contribution in [0.15, 0.2) is 12.2 Å². The summed E-state index contributed by atoms with van der Waals surface area (Å²) in [5.74, 6) is -0.518. The van der Waals surface area contributed by atoms with Crippen LogP contribution in [0, 0.1) is 0 Å². The number of hydrogen-bond donors (Lipinski definition) is 2. The maximum atomic E-state index is 12.9. The van der Waals surface area contributed by atoms with Crippen molar-refractivity contribution in [3.8, 4) is 0 Å². The number of aliphatic hydroxyl groups excluding tert-OH is 2. The Hall–Kier alpha value is -0.290. The Kier molecular flexibility index (Phi) is 20.6. The van der Waals surface area contributed by atoms with E-state index >= 15 is 0 Å². The molecule has 10 heteroatoms. The van der Waals surface area contributed by atoms with Gasteiger partial charge in [-0.2, -0.15) is 0 Å². The smallest absolute Gasteiger partial charge is 0.748 e. The Labute approximate surface area is 234 Å². The Bertz CT molecular complexity index is 742. The average Bonchev–Trinajstić information content (AvgIpc) is 3.14. The molecule has 0 fully saturated rings. The monoisotopic (exact) mass is 525 g/mol. The van der Waals surface area contributed by atoms with Gasteiger partial charge < -0.3 is 14.8 Å². The number of allylic oxidation sites excluding steroid dienone is 2. The molecular weight excluding hydrogens is 479 g/mol. The third kappa shape index (κ3) is 17.0. The van der Waals surface area contributed by atoms with E-state index in [1.807, 2.05) is 0 Å². The van der Waals surface area contributed by atoms with Crippen LogP contribution in [-0.2, 0) is 14.9 Å². The summed E-state index contributed by atoms with van der Waals surface area (Å²) < 4.78 is 34.4. The van der Waals surface area contributed by atoms with Gasteiger partial charge in [-0.25, -0.2) is 8.42 Å². The van der Waals surface area contributed by atoms with Crippen LogP contribution in [0.5, 0.6) is 0 Å². The molecule has 1 heterocycles. The number of aliphatic hydroxyl groups is 2. The number of ketones is 1. The van der Waals surface area contributed by atoms with Crippen LogP contribution in [-0.4, -0.2) is 88.9 Å². The number of Topliss-reactive ketones (excluding diaryl/α,β-unsaturated/α-hetero) is 1. The Morgan fingerprint density at radius 2 is 1.63 bits per heavy atom. The molecule has 0 bridgehead atoms. The maximum Gasteiger partial charge on any atom is 1.00 e. The van der Waals surface area contributed by atoms with Gasteiger partial charge in [0.25, 0.3) is 0 Å². The van der Waals surface area contributed by atoms with E-state index in [2.05, 4.69) is 19.1 Å². The molecule has 1 unspecified atom stereocenters. The second-order valence-electron chi connectivity index (χ2n) is 9.26. The number of hydrogen-bond acceptors (Lipinski definition) is 7. The van der Waals surface area contributed by atoms with Crippen molar-refractivity contribution >= 4 is 21.7 Å². The molecule has 0 aromatic carbocycles. The maximum absolute atomic E-state index is 12.9. The van der Waals surface area contributed by atoms with Crippen molar-refractivity contribution in [2.75, 3.05) is 38.5 Å². The summed E-state index contributed by atoms with van der Waals surface area (Å²) in [5.41, 5.74) is 0. The van der Waals surface area contributed by atoms with Gasteiger partial charge in [0, 0.05) is 6.42 Å². The van der Waals surface area contributed by atoms with Crippen molar-refractivity contribution in [3.63, 3.8) is 0 Å². The topological polar surface area (TPSA) is 121 Å². The van der Waals surface area contributed by atoms with Crippen molar-refractivity contribution in [3.05, 3.63) is 12.2 Å². The second kappa shape index (κ2) is 20.7. The fourth-order valence-electron chi connectivity index (χ4n) is 4.34. The SMILES string of the molecule is CCCC/C=C/CCCCCCCCCCC(=O)C1=[N+](CC(O)CS(=O)(=O)[O-])CCN1CCO.[Na+]. The van der Waals surface area contributed by atoms with Crippen LogP contribution >= 0.6 is 0 Å². The van der Waals surface area contributed by atoms with Crippen molar-refractivity contribution in [1.29, 1.82) is 0 Å². The van der Waals surface area contributed by atoms with E-state index in [1.54, 1.807) is 9.48 Å². The van der Waals surface area contributed by atoms with Gasteiger partial charge in [-0.3, -0.25) is 14.3 Å². The van der Waals surface area contributed by atoms with Crippen LogP contribution in [0.1, 0.15) is 90.4 Å². The largest absolute Gasteiger partial charge is 1.00 e. The van der Waals surface area contributed by atoms with E-state index in [4.69, 9.17) is 0 Å². The quantitative estimate of drug-likeness (QED) is 0.0702. The van der Waals surface area contributed by atoms with Crippen LogP contribution in [0.25, 0.3) is 0 Å². The first-order valence-corrected chi connectivity index (χ1v) is 14.6. The number of nitrogens with zero attached hydrogens (tertiary/aromatic N) is 2. The molecule has 0 aliphatic carbocycles. The predicted molar refractivity (Wildman–Crippen MR) is 134 cm³/mol. The van der Waals surface area contributed by atoms with Crippen LogP contribution in [0.3, 0.4) is 0 Å². The van der Waals surface area contributed by atoms with Crippen molar-refractivity contribution in [1.82, 2.24) is 4.90 Å². The zero-order valence-electron chi connectivity index (χ0n) is 22.0.